The minimum absolute atomic E-state index is 0.134. The Morgan fingerprint density at radius 1 is 1.17 bits per heavy atom. The van der Waals surface area contributed by atoms with Gasteiger partial charge >= 0.3 is 6.03 Å². The monoisotopic (exact) mass is 266 g/mol. The van der Waals surface area contributed by atoms with E-state index in [1.165, 1.54) is 4.90 Å². The Hall–Kier alpha value is -1.55. The lowest BCUT2D eigenvalue weighted by atomic mass is 10.2. The molecule has 0 saturated carbocycles. The number of carbonyl (C=O) groups is 2. The van der Waals surface area contributed by atoms with Gasteiger partial charge in [0.05, 0.1) is 0 Å². The highest BCUT2D eigenvalue weighted by Crippen LogP contribution is 2.14. The van der Waals surface area contributed by atoms with Crippen molar-refractivity contribution in [2.75, 3.05) is 19.0 Å². The molecule has 0 spiro atoms. The van der Waals surface area contributed by atoms with Gasteiger partial charge in [-0.05, 0) is 5.56 Å². The first-order chi connectivity index (χ1) is 8.72. The molecule has 1 aromatic carbocycles. The van der Waals surface area contributed by atoms with Crippen molar-refractivity contribution in [2.24, 2.45) is 0 Å². The Balaban J connectivity index is 2.05. The molecule has 0 aromatic heterocycles. The van der Waals surface area contributed by atoms with Crippen molar-refractivity contribution in [1.29, 1.82) is 0 Å². The van der Waals surface area contributed by atoms with E-state index in [0.29, 0.717) is 19.5 Å². The molecule has 1 aliphatic rings. The van der Waals surface area contributed by atoms with E-state index in [2.05, 4.69) is 0 Å². The number of rotatable bonds is 4. The van der Waals surface area contributed by atoms with Gasteiger partial charge in [-0.2, -0.15) is 0 Å². The molecule has 4 nitrogen and oxygen atoms in total. The highest BCUT2D eigenvalue weighted by Gasteiger charge is 2.31. The number of carbonyl (C=O) groups excluding carboxylic acids is 2. The van der Waals surface area contributed by atoms with E-state index in [1.54, 1.807) is 4.90 Å². The largest absolute Gasteiger partial charge is 0.327 e. The Labute approximate surface area is 111 Å². The van der Waals surface area contributed by atoms with Crippen LogP contribution in [-0.2, 0) is 11.3 Å². The van der Waals surface area contributed by atoms with Crippen molar-refractivity contribution >= 4 is 23.5 Å². The topological polar surface area (TPSA) is 40.6 Å². The molecule has 0 radical (unpaired) electrons. The van der Waals surface area contributed by atoms with Crippen molar-refractivity contribution < 1.29 is 9.59 Å². The summed E-state index contributed by atoms with van der Waals surface area (Å²) in [5, 5.41) is 0. The maximum Gasteiger partial charge on any atom is 0.327 e. The van der Waals surface area contributed by atoms with Crippen molar-refractivity contribution in [1.82, 2.24) is 9.80 Å². The minimum Gasteiger partial charge on any atom is -0.319 e. The number of benzene rings is 1. The van der Waals surface area contributed by atoms with Crippen LogP contribution in [0.15, 0.2) is 30.3 Å². The van der Waals surface area contributed by atoms with Gasteiger partial charge in [-0.3, -0.25) is 9.69 Å². The summed E-state index contributed by atoms with van der Waals surface area (Å²) in [7, 11) is 0. The van der Waals surface area contributed by atoms with Gasteiger partial charge in [0.15, 0.2) is 0 Å². The number of urea groups is 1. The zero-order valence-electron chi connectivity index (χ0n) is 10.0. The Kier molecular flexibility index (Phi) is 4.20. The van der Waals surface area contributed by atoms with E-state index in [4.69, 9.17) is 11.6 Å². The molecule has 0 atom stereocenters. The summed E-state index contributed by atoms with van der Waals surface area (Å²) in [6, 6.07) is 9.50. The molecule has 0 unspecified atom stereocenters. The second-order valence-corrected chi connectivity index (χ2v) is 4.55. The maximum atomic E-state index is 12.1. The van der Waals surface area contributed by atoms with Crippen LogP contribution in [0.3, 0.4) is 0 Å². The Morgan fingerprint density at radius 2 is 1.89 bits per heavy atom. The summed E-state index contributed by atoms with van der Waals surface area (Å²) < 4.78 is 0. The summed E-state index contributed by atoms with van der Waals surface area (Å²) in [4.78, 5) is 26.6. The van der Waals surface area contributed by atoms with Crippen molar-refractivity contribution in [3.63, 3.8) is 0 Å². The number of halogens is 1. The van der Waals surface area contributed by atoms with Gasteiger partial charge in [0.2, 0.25) is 5.91 Å². The molecule has 1 saturated heterocycles. The highest BCUT2D eigenvalue weighted by atomic mass is 35.5. The maximum absolute atomic E-state index is 12.1. The van der Waals surface area contributed by atoms with Crippen molar-refractivity contribution in [3.8, 4) is 0 Å². The highest BCUT2D eigenvalue weighted by molar-refractivity contribution is 6.18. The zero-order chi connectivity index (χ0) is 13.0. The molecular formula is C13H15ClN2O2. The average Bonchev–Trinajstić information content (AvgIpc) is 2.39. The first kappa shape index (κ1) is 12.9. The lowest BCUT2D eigenvalue weighted by molar-refractivity contribution is -0.130. The van der Waals surface area contributed by atoms with E-state index in [1.807, 2.05) is 30.3 Å². The van der Waals surface area contributed by atoms with Gasteiger partial charge in [-0.25, -0.2) is 4.79 Å². The van der Waals surface area contributed by atoms with Crippen LogP contribution in [0.2, 0.25) is 0 Å². The Morgan fingerprint density at radius 3 is 2.56 bits per heavy atom. The number of nitrogens with zero attached hydrogens (tertiary/aromatic N) is 2. The third-order valence-corrected chi connectivity index (χ3v) is 3.09. The van der Waals surface area contributed by atoms with Crippen LogP contribution >= 0.6 is 11.6 Å². The van der Waals surface area contributed by atoms with Crippen LogP contribution in [0, 0.1) is 0 Å². The van der Waals surface area contributed by atoms with Crippen LogP contribution in [0.1, 0.15) is 12.0 Å². The van der Waals surface area contributed by atoms with Gasteiger partial charge in [0, 0.05) is 31.9 Å². The molecule has 3 amide bonds. The molecule has 1 aromatic rings. The smallest absolute Gasteiger partial charge is 0.319 e. The van der Waals surface area contributed by atoms with E-state index in [0.717, 1.165) is 5.56 Å². The predicted molar refractivity (Wildman–Crippen MR) is 69.3 cm³/mol. The fraction of sp³-hybridized carbons (Fsp3) is 0.385. The summed E-state index contributed by atoms with van der Waals surface area (Å²) in [6.07, 6.45) is 0.370. The van der Waals surface area contributed by atoms with Gasteiger partial charge in [0.1, 0.15) is 0 Å². The quantitative estimate of drug-likeness (QED) is 0.783. The molecule has 1 aliphatic heterocycles. The molecule has 1 heterocycles. The third kappa shape index (κ3) is 2.82. The lowest BCUT2D eigenvalue weighted by Gasteiger charge is -2.33. The zero-order valence-corrected chi connectivity index (χ0v) is 10.8. The van der Waals surface area contributed by atoms with E-state index in [9.17, 15) is 9.59 Å². The summed E-state index contributed by atoms with van der Waals surface area (Å²) in [5.74, 6) is 0.140. The van der Waals surface area contributed by atoms with E-state index in [-0.39, 0.29) is 24.4 Å². The number of imide groups is 1. The van der Waals surface area contributed by atoms with Gasteiger partial charge < -0.3 is 4.90 Å². The fourth-order valence-electron chi connectivity index (χ4n) is 1.99. The second kappa shape index (κ2) is 5.87. The van der Waals surface area contributed by atoms with Crippen LogP contribution in [-0.4, -0.2) is 40.7 Å². The first-order valence-electron chi connectivity index (χ1n) is 5.91. The predicted octanol–water partition coefficient (Wildman–Crippen LogP) is 2.08. The van der Waals surface area contributed by atoms with E-state index >= 15 is 0 Å². The van der Waals surface area contributed by atoms with Crippen LogP contribution in [0.5, 0.6) is 0 Å². The van der Waals surface area contributed by atoms with Gasteiger partial charge in [0.25, 0.3) is 0 Å². The fourth-order valence-corrected chi connectivity index (χ4v) is 2.16. The van der Waals surface area contributed by atoms with Gasteiger partial charge in [-0.1, -0.05) is 30.3 Å². The molecule has 96 valence electrons. The first-order valence-corrected chi connectivity index (χ1v) is 6.45. The number of amides is 3. The summed E-state index contributed by atoms with van der Waals surface area (Å²) in [5.41, 5.74) is 1.06. The number of alkyl halides is 1. The van der Waals surface area contributed by atoms with Crippen LogP contribution in [0.25, 0.3) is 0 Å². The molecule has 0 aliphatic carbocycles. The Bertz CT molecular complexity index is 436. The lowest BCUT2D eigenvalue weighted by Crippen LogP contribution is -2.52. The number of hydrogen-bond donors (Lipinski definition) is 0. The molecular weight excluding hydrogens is 252 g/mol. The second-order valence-electron chi connectivity index (χ2n) is 4.17. The molecule has 2 rings (SSSR count). The molecule has 0 bridgehead atoms. The summed E-state index contributed by atoms with van der Waals surface area (Å²) in [6.45, 7) is 1.29. The van der Waals surface area contributed by atoms with Crippen LogP contribution < -0.4 is 0 Å². The van der Waals surface area contributed by atoms with Crippen molar-refractivity contribution in [3.05, 3.63) is 35.9 Å². The van der Waals surface area contributed by atoms with E-state index < -0.39 is 0 Å². The minimum atomic E-state index is -0.240. The summed E-state index contributed by atoms with van der Waals surface area (Å²) >= 11 is 5.61. The number of hydrogen-bond acceptors (Lipinski definition) is 2. The molecule has 18 heavy (non-hydrogen) atoms. The molecule has 1 fully saturated rings. The SMILES string of the molecule is O=C1CCN(Cc2ccccc2)C(=O)N1CCCl. The molecule has 0 N–H and O–H groups in total. The van der Waals surface area contributed by atoms with Crippen molar-refractivity contribution in [2.45, 2.75) is 13.0 Å². The third-order valence-electron chi connectivity index (χ3n) is 2.92. The average molecular weight is 267 g/mol. The van der Waals surface area contributed by atoms with Gasteiger partial charge in [-0.15, -0.1) is 11.6 Å². The standard InChI is InChI=1S/C13H15ClN2O2/c14-7-9-16-12(17)6-8-15(13(16)18)10-11-4-2-1-3-5-11/h1-5H,6-10H2. The van der Waals surface area contributed by atoms with Crippen LogP contribution in [0.4, 0.5) is 4.79 Å². The molecule has 5 heteroatoms. The normalized spacial score (nSPS) is 16.3.